The third-order valence-corrected chi connectivity index (χ3v) is 1.60. The van der Waals surface area contributed by atoms with Gasteiger partial charge in [-0.25, -0.2) is 0 Å². The first-order chi connectivity index (χ1) is 4.33. The Morgan fingerprint density at radius 1 is 1.67 bits per heavy atom. The number of piperidine rings is 1. The molecule has 52 valence electrons. The average molecular weight is 128 g/mol. The summed E-state index contributed by atoms with van der Waals surface area (Å²) < 4.78 is 0. The number of nitrogens with zero attached hydrogens (tertiary/aromatic N) is 2. The molecular weight excluding hydrogens is 116 g/mol. The van der Waals surface area contributed by atoms with E-state index < -0.39 is 0 Å². The van der Waals surface area contributed by atoms with Crippen molar-refractivity contribution >= 4 is 5.71 Å². The molecule has 0 spiro atoms. The van der Waals surface area contributed by atoms with E-state index in [0.717, 1.165) is 31.6 Å². The molecule has 1 rings (SSSR count). The minimum Gasteiger partial charge on any atom is -0.411 e. The van der Waals surface area contributed by atoms with Gasteiger partial charge in [-0.15, -0.1) is 0 Å². The molecule has 1 aliphatic rings. The van der Waals surface area contributed by atoms with Crippen LogP contribution in [0.15, 0.2) is 5.16 Å². The van der Waals surface area contributed by atoms with Crippen LogP contribution < -0.4 is 0 Å². The molecule has 1 N–H and O–H groups in total. The first-order valence-corrected chi connectivity index (χ1v) is 3.21. The molecule has 0 aliphatic carbocycles. The highest BCUT2D eigenvalue weighted by molar-refractivity contribution is 5.86. The summed E-state index contributed by atoms with van der Waals surface area (Å²) in [6.45, 7) is 1.95. The van der Waals surface area contributed by atoms with Crippen LogP contribution in [0.3, 0.4) is 0 Å². The molecule has 0 amide bonds. The molecule has 1 fully saturated rings. The van der Waals surface area contributed by atoms with Crippen molar-refractivity contribution in [2.75, 3.05) is 20.1 Å². The number of oxime groups is 1. The van der Waals surface area contributed by atoms with E-state index in [1.54, 1.807) is 0 Å². The fourth-order valence-electron chi connectivity index (χ4n) is 1.10. The maximum absolute atomic E-state index is 8.37. The Hall–Kier alpha value is -0.570. The fourth-order valence-corrected chi connectivity index (χ4v) is 1.10. The topological polar surface area (TPSA) is 35.8 Å². The van der Waals surface area contributed by atoms with E-state index in [4.69, 9.17) is 5.21 Å². The van der Waals surface area contributed by atoms with Crippen LogP contribution in [0.4, 0.5) is 0 Å². The summed E-state index contributed by atoms with van der Waals surface area (Å²) in [7, 11) is 2.03. The fraction of sp³-hybridized carbons (Fsp3) is 0.833. The zero-order valence-electron chi connectivity index (χ0n) is 5.67. The van der Waals surface area contributed by atoms with Gasteiger partial charge in [0.25, 0.3) is 0 Å². The quantitative estimate of drug-likeness (QED) is 0.382. The molecule has 0 unspecified atom stereocenters. The van der Waals surface area contributed by atoms with Gasteiger partial charge in [-0.05, 0) is 26.4 Å². The van der Waals surface area contributed by atoms with E-state index in [1.807, 2.05) is 7.05 Å². The third-order valence-electron chi connectivity index (χ3n) is 1.60. The van der Waals surface area contributed by atoms with Gasteiger partial charge in [0.15, 0.2) is 0 Å². The molecular formula is C6H12N2O. The third kappa shape index (κ3) is 1.68. The van der Waals surface area contributed by atoms with E-state index in [1.165, 1.54) is 0 Å². The Kier molecular flexibility index (Phi) is 2.05. The van der Waals surface area contributed by atoms with E-state index in [-0.39, 0.29) is 0 Å². The van der Waals surface area contributed by atoms with Crippen LogP contribution in [0.1, 0.15) is 12.8 Å². The summed E-state index contributed by atoms with van der Waals surface area (Å²) in [5.74, 6) is 0. The van der Waals surface area contributed by atoms with E-state index >= 15 is 0 Å². The highest BCUT2D eigenvalue weighted by Gasteiger charge is 2.10. The van der Waals surface area contributed by atoms with Gasteiger partial charge < -0.3 is 10.1 Å². The zero-order valence-corrected chi connectivity index (χ0v) is 5.67. The van der Waals surface area contributed by atoms with Gasteiger partial charge in [-0.1, -0.05) is 5.16 Å². The predicted octanol–water partition coefficient (Wildman–Crippen LogP) is 0.542. The minimum absolute atomic E-state index is 0.830. The monoisotopic (exact) mass is 128 g/mol. The smallest absolute Gasteiger partial charge is 0.0711 e. The molecule has 0 aromatic carbocycles. The predicted molar refractivity (Wildman–Crippen MR) is 36.0 cm³/mol. The molecule has 9 heavy (non-hydrogen) atoms. The Labute approximate surface area is 55.0 Å². The Morgan fingerprint density at radius 3 is 2.89 bits per heavy atom. The van der Waals surface area contributed by atoms with Crippen molar-refractivity contribution in [3.8, 4) is 0 Å². The van der Waals surface area contributed by atoms with Crippen LogP contribution in [0.25, 0.3) is 0 Å². The first-order valence-electron chi connectivity index (χ1n) is 3.21. The SMILES string of the molecule is CN1CCC/C(=N/O)C1. The minimum atomic E-state index is 0.830. The lowest BCUT2D eigenvalue weighted by atomic mass is 10.1. The highest BCUT2D eigenvalue weighted by Crippen LogP contribution is 2.03. The second kappa shape index (κ2) is 2.82. The molecule has 0 bridgehead atoms. The van der Waals surface area contributed by atoms with Crippen molar-refractivity contribution in [1.82, 2.24) is 4.90 Å². The van der Waals surface area contributed by atoms with Gasteiger partial charge in [0.1, 0.15) is 0 Å². The molecule has 3 nitrogen and oxygen atoms in total. The van der Waals surface area contributed by atoms with Crippen molar-refractivity contribution in [1.29, 1.82) is 0 Å². The normalized spacial score (nSPS) is 27.0. The summed E-state index contributed by atoms with van der Waals surface area (Å²) in [5, 5.41) is 11.5. The van der Waals surface area contributed by atoms with Gasteiger partial charge in [-0.2, -0.15) is 0 Å². The van der Waals surface area contributed by atoms with Gasteiger partial charge >= 0.3 is 0 Å². The van der Waals surface area contributed by atoms with Gasteiger partial charge in [-0.3, -0.25) is 0 Å². The molecule has 1 saturated heterocycles. The molecule has 0 radical (unpaired) electrons. The van der Waals surface area contributed by atoms with Crippen LogP contribution in [0.2, 0.25) is 0 Å². The summed E-state index contributed by atoms with van der Waals surface area (Å²) in [4.78, 5) is 2.15. The van der Waals surface area contributed by atoms with Crippen molar-refractivity contribution < 1.29 is 5.21 Å². The molecule has 3 heteroatoms. The highest BCUT2D eigenvalue weighted by atomic mass is 16.4. The van der Waals surface area contributed by atoms with Crippen molar-refractivity contribution in [2.45, 2.75) is 12.8 Å². The van der Waals surface area contributed by atoms with Crippen LogP contribution in [-0.2, 0) is 0 Å². The first kappa shape index (κ1) is 6.55. The van der Waals surface area contributed by atoms with E-state index in [0.29, 0.717) is 0 Å². The molecule has 1 aliphatic heterocycles. The molecule has 1 heterocycles. The molecule has 0 aromatic heterocycles. The van der Waals surface area contributed by atoms with Crippen LogP contribution in [-0.4, -0.2) is 36.0 Å². The maximum Gasteiger partial charge on any atom is 0.0711 e. The Bertz CT molecular complexity index is 122. The summed E-state index contributed by atoms with van der Waals surface area (Å²) >= 11 is 0. The Morgan fingerprint density at radius 2 is 2.44 bits per heavy atom. The van der Waals surface area contributed by atoms with Crippen molar-refractivity contribution in [2.24, 2.45) is 5.16 Å². The number of rotatable bonds is 0. The largest absolute Gasteiger partial charge is 0.411 e. The lowest BCUT2D eigenvalue weighted by molar-refractivity contribution is 0.298. The number of likely N-dealkylation sites (tertiary alicyclic amines) is 1. The average Bonchev–Trinajstić information content (AvgIpc) is 1.88. The van der Waals surface area contributed by atoms with E-state index in [2.05, 4.69) is 10.1 Å². The van der Waals surface area contributed by atoms with Crippen LogP contribution >= 0.6 is 0 Å². The number of hydrogen-bond acceptors (Lipinski definition) is 3. The second-order valence-corrected chi connectivity index (χ2v) is 2.51. The maximum atomic E-state index is 8.37. The lowest BCUT2D eigenvalue weighted by Gasteiger charge is -2.21. The van der Waals surface area contributed by atoms with Gasteiger partial charge in [0.05, 0.1) is 5.71 Å². The Balaban J connectivity index is 2.41. The lowest BCUT2D eigenvalue weighted by Crippen LogP contribution is -2.32. The molecule has 0 saturated carbocycles. The molecule has 0 atom stereocenters. The number of hydrogen-bond donors (Lipinski definition) is 1. The zero-order chi connectivity index (χ0) is 6.69. The van der Waals surface area contributed by atoms with Crippen molar-refractivity contribution in [3.63, 3.8) is 0 Å². The summed E-state index contributed by atoms with van der Waals surface area (Å²) in [6, 6.07) is 0. The summed E-state index contributed by atoms with van der Waals surface area (Å²) in [6.07, 6.45) is 2.08. The summed E-state index contributed by atoms with van der Waals surface area (Å²) in [5.41, 5.74) is 0.906. The van der Waals surface area contributed by atoms with Crippen LogP contribution in [0, 0.1) is 0 Å². The van der Waals surface area contributed by atoms with Crippen LogP contribution in [0.5, 0.6) is 0 Å². The second-order valence-electron chi connectivity index (χ2n) is 2.51. The standard InChI is InChI=1S/C6H12N2O/c1-8-4-2-3-6(5-8)7-9/h9H,2-5H2,1H3/b7-6-. The molecule has 0 aromatic rings. The van der Waals surface area contributed by atoms with Gasteiger partial charge in [0, 0.05) is 6.54 Å². The van der Waals surface area contributed by atoms with E-state index in [9.17, 15) is 0 Å². The van der Waals surface area contributed by atoms with Gasteiger partial charge in [0.2, 0.25) is 0 Å². The van der Waals surface area contributed by atoms with Crippen molar-refractivity contribution in [3.05, 3.63) is 0 Å².